The van der Waals surface area contributed by atoms with Crippen LogP contribution in [0.4, 0.5) is 4.79 Å². The third-order valence-electron chi connectivity index (χ3n) is 3.09. The maximum atomic E-state index is 12.1. The summed E-state index contributed by atoms with van der Waals surface area (Å²) < 4.78 is 10.2. The highest BCUT2D eigenvalue weighted by atomic mass is 16.6. The van der Waals surface area contributed by atoms with Crippen LogP contribution in [0.15, 0.2) is 42.5 Å². The molecule has 1 N–H and O–H groups in total. The lowest BCUT2D eigenvalue weighted by Crippen LogP contribution is -2.51. The number of alkyl carbamates (subject to hydrolysis) is 1. The van der Waals surface area contributed by atoms with Gasteiger partial charge in [-0.25, -0.2) is 9.59 Å². The van der Waals surface area contributed by atoms with Gasteiger partial charge in [0.15, 0.2) is 5.54 Å². The molecule has 0 aliphatic rings. The first kappa shape index (κ1) is 18.7. The normalized spacial score (nSPS) is 13.6. The highest BCUT2D eigenvalue weighted by Crippen LogP contribution is 2.12. The topological polar surface area (TPSA) is 64.6 Å². The van der Waals surface area contributed by atoms with Crippen molar-refractivity contribution < 1.29 is 19.1 Å². The standard InChI is InChI=1S/C18H25NO4/c1-5-22-16(20)18(4,12-11-14(2)3)19-17(21)23-13-15-9-7-6-8-10-15/h6-12,14H,5,13H2,1-4H3,(H,19,21)/b12-11+/t18-/m1/s1. The van der Waals surface area contributed by atoms with Gasteiger partial charge in [-0.15, -0.1) is 0 Å². The molecule has 5 heteroatoms. The van der Waals surface area contributed by atoms with Gasteiger partial charge in [0, 0.05) is 0 Å². The monoisotopic (exact) mass is 319 g/mol. The summed E-state index contributed by atoms with van der Waals surface area (Å²) in [6.45, 7) is 7.65. The fraction of sp³-hybridized carbons (Fsp3) is 0.444. The molecule has 1 atom stereocenters. The lowest BCUT2D eigenvalue weighted by molar-refractivity contribution is -0.148. The Morgan fingerprint density at radius 2 is 1.87 bits per heavy atom. The van der Waals surface area contributed by atoms with Crippen LogP contribution < -0.4 is 5.32 Å². The molecule has 0 unspecified atom stereocenters. The van der Waals surface area contributed by atoms with E-state index in [4.69, 9.17) is 9.47 Å². The first-order valence-corrected chi connectivity index (χ1v) is 7.73. The molecule has 23 heavy (non-hydrogen) atoms. The van der Waals surface area contributed by atoms with Crippen LogP contribution in [-0.2, 0) is 20.9 Å². The molecule has 0 fully saturated rings. The van der Waals surface area contributed by atoms with Crippen LogP contribution in [0.25, 0.3) is 0 Å². The lowest BCUT2D eigenvalue weighted by Gasteiger charge is -2.25. The summed E-state index contributed by atoms with van der Waals surface area (Å²) >= 11 is 0. The zero-order chi connectivity index (χ0) is 17.3. The molecule has 0 saturated carbocycles. The van der Waals surface area contributed by atoms with E-state index < -0.39 is 17.6 Å². The van der Waals surface area contributed by atoms with E-state index in [1.54, 1.807) is 19.9 Å². The molecule has 1 aromatic carbocycles. The van der Waals surface area contributed by atoms with Gasteiger partial charge in [0.2, 0.25) is 0 Å². The smallest absolute Gasteiger partial charge is 0.408 e. The number of benzene rings is 1. The Hall–Kier alpha value is -2.30. The SMILES string of the molecule is CCOC(=O)[C@@](C)(/C=C/C(C)C)NC(=O)OCc1ccccc1. The predicted octanol–water partition coefficient (Wildman–Crippen LogP) is 3.45. The second kappa shape index (κ2) is 8.98. The van der Waals surface area contributed by atoms with Crippen LogP contribution in [-0.4, -0.2) is 24.2 Å². The van der Waals surface area contributed by atoms with Crippen LogP contribution in [0, 0.1) is 5.92 Å². The van der Waals surface area contributed by atoms with Gasteiger partial charge in [0.1, 0.15) is 6.61 Å². The Labute approximate surface area is 137 Å². The first-order chi connectivity index (χ1) is 10.9. The molecule has 0 bridgehead atoms. The minimum absolute atomic E-state index is 0.138. The zero-order valence-electron chi connectivity index (χ0n) is 14.2. The Balaban J connectivity index is 2.71. The minimum Gasteiger partial charge on any atom is -0.464 e. The molecule has 0 saturated heterocycles. The summed E-state index contributed by atoms with van der Waals surface area (Å²) in [6.07, 6.45) is 2.81. The third kappa shape index (κ3) is 6.55. The largest absolute Gasteiger partial charge is 0.464 e. The van der Waals surface area contributed by atoms with Crippen molar-refractivity contribution in [3.05, 3.63) is 48.0 Å². The first-order valence-electron chi connectivity index (χ1n) is 7.73. The van der Waals surface area contributed by atoms with Crippen LogP contribution in [0.1, 0.15) is 33.3 Å². The van der Waals surface area contributed by atoms with E-state index in [2.05, 4.69) is 5.32 Å². The number of esters is 1. The average molecular weight is 319 g/mol. The number of amides is 1. The maximum Gasteiger partial charge on any atom is 0.408 e. The van der Waals surface area contributed by atoms with Crippen LogP contribution in [0.5, 0.6) is 0 Å². The molecule has 0 aliphatic carbocycles. The van der Waals surface area contributed by atoms with Crippen molar-refractivity contribution >= 4 is 12.1 Å². The molecule has 0 aliphatic heterocycles. The molecule has 1 aromatic rings. The Kier molecular flexibility index (Phi) is 7.32. The van der Waals surface area contributed by atoms with Gasteiger partial charge in [-0.05, 0) is 25.3 Å². The van der Waals surface area contributed by atoms with Gasteiger partial charge in [-0.2, -0.15) is 0 Å². The van der Waals surface area contributed by atoms with Gasteiger partial charge >= 0.3 is 12.1 Å². The van der Waals surface area contributed by atoms with Gasteiger partial charge in [-0.3, -0.25) is 0 Å². The number of rotatable bonds is 7. The van der Waals surface area contributed by atoms with Gasteiger partial charge in [-0.1, -0.05) is 56.3 Å². The molecule has 0 heterocycles. The Bertz CT molecular complexity index is 539. The number of carbonyl (C=O) groups excluding carboxylic acids is 2. The molecule has 0 radical (unpaired) electrons. The molecule has 0 spiro atoms. The summed E-state index contributed by atoms with van der Waals surface area (Å²) in [4.78, 5) is 24.2. The Morgan fingerprint density at radius 1 is 1.22 bits per heavy atom. The van der Waals surface area contributed by atoms with Crippen molar-refractivity contribution in [3.8, 4) is 0 Å². The van der Waals surface area contributed by atoms with E-state index in [-0.39, 0.29) is 19.1 Å². The van der Waals surface area contributed by atoms with Gasteiger partial charge in [0.25, 0.3) is 0 Å². The van der Waals surface area contributed by atoms with E-state index in [0.717, 1.165) is 5.56 Å². The molecule has 1 amide bonds. The number of nitrogens with one attached hydrogen (secondary N) is 1. The lowest BCUT2D eigenvalue weighted by atomic mass is 10.00. The number of carbonyl (C=O) groups is 2. The summed E-state index contributed by atoms with van der Waals surface area (Å²) in [5.74, 6) is -0.278. The van der Waals surface area contributed by atoms with Crippen molar-refractivity contribution in [3.63, 3.8) is 0 Å². The minimum atomic E-state index is -1.26. The van der Waals surface area contributed by atoms with E-state index >= 15 is 0 Å². The van der Waals surface area contributed by atoms with Gasteiger partial charge < -0.3 is 14.8 Å². The van der Waals surface area contributed by atoms with E-state index in [1.165, 1.54) is 0 Å². The number of allylic oxidation sites excluding steroid dienone is 1. The molecule has 0 aromatic heterocycles. The highest BCUT2D eigenvalue weighted by molar-refractivity contribution is 5.87. The molecular formula is C18H25NO4. The van der Waals surface area contributed by atoms with Crippen LogP contribution >= 0.6 is 0 Å². The van der Waals surface area contributed by atoms with Crippen molar-refractivity contribution in [2.75, 3.05) is 6.61 Å². The van der Waals surface area contributed by atoms with Crippen molar-refractivity contribution in [1.82, 2.24) is 5.32 Å². The highest BCUT2D eigenvalue weighted by Gasteiger charge is 2.34. The van der Waals surface area contributed by atoms with Crippen LogP contribution in [0.2, 0.25) is 0 Å². The zero-order valence-corrected chi connectivity index (χ0v) is 14.2. The summed E-state index contributed by atoms with van der Waals surface area (Å²) in [5.41, 5.74) is -0.383. The van der Waals surface area contributed by atoms with E-state index in [1.807, 2.05) is 50.3 Å². The molecule has 1 rings (SSSR count). The summed E-state index contributed by atoms with van der Waals surface area (Å²) in [5, 5.41) is 2.58. The second-order valence-corrected chi connectivity index (χ2v) is 5.71. The van der Waals surface area contributed by atoms with Crippen LogP contribution in [0.3, 0.4) is 0 Å². The van der Waals surface area contributed by atoms with Crippen molar-refractivity contribution in [1.29, 1.82) is 0 Å². The number of ether oxygens (including phenoxy) is 2. The number of hydrogen-bond donors (Lipinski definition) is 1. The maximum absolute atomic E-state index is 12.1. The molecular weight excluding hydrogens is 294 g/mol. The van der Waals surface area contributed by atoms with E-state index in [9.17, 15) is 9.59 Å². The fourth-order valence-corrected chi connectivity index (χ4v) is 1.80. The number of hydrogen-bond acceptors (Lipinski definition) is 4. The van der Waals surface area contributed by atoms with Crippen molar-refractivity contribution in [2.24, 2.45) is 5.92 Å². The Morgan fingerprint density at radius 3 is 2.43 bits per heavy atom. The fourth-order valence-electron chi connectivity index (χ4n) is 1.80. The second-order valence-electron chi connectivity index (χ2n) is 5.71. The third-order valence-corrected chi connectivity index (χ3v) is 3.09. The summed E-state index contributed by atoms with van der Waals surface area (Å²) in [6, 6.07) is 9.33. The van der Waals surface area contributed by atoms with Crippen molar-refractivity contribution in [2.45, 2.75) is 39.8 Å². The quantitative estimate of drug-likeness (QED) is 0.617. The van der Waals surface area contributed by atoms with Gasteiger partial charge in [0.05, 0.1) is 6.61 Å². The average Bonchev–Trinajstić information content (AvgIpc) is 2.52. The van der Waals surface area contributed by atoms with E-state index in [0.29, 0.717) is 0 Å². The molecule has 126 valence electrons. The predicted molar refractivity (Wildman–Crippen MR) is 88.8 cm³/mol. The summed E-state index contributed by atoms with van der Waals surface area (Å²) in [7, 11) is 0. The molecule has 5 nitrogen and oxygen atoms in total.